The molecule has 0 amide bonds. The molecule has 0 spiro atoms. The van der Waals surface area contributed by atoms with Crippen LogP contribution in [0.1, 0.15) is 9.75 Å². The Morgan fingerprint density at radius 3 is 2.11 bits per heavy atom. The quantitative estimate of drug-likeness (QED) is 0.766. The highest BCUT2D eigenvalue weighted by Crippen LogP contribution is 2.16. The first-order valence-electron chi connectivity index (χ1n) is 5.62. The van der Waals surface area contributed by atoms with E-state index in [9.17, 15) is 0 Å². The van der Waals surface area contributed by atoms with Crippen molar-refractivity contribution < 1.29 is 0 Å². The Kier molecular flexibility index (Phi) is 3.93. The minimum absolute atomic E-state index is 0.541. The molecule has 0 aliphatic rings. The van der Waals surface area contributed by atoms with E-state index in [1.54, 1.807) is 25.4 Å². The highest BCUT2D eigenvalue weighted by atomic mass is 32.1. The fraction of sp³-hybridized carbons (Fsp3) is 0.364. The van der Waals surface area contributed by atoms with Crippen LogP contribution in [-0.2, 0) is 6.54 Å². The summed E-state index contributed by atoms with van der Waals surface area (Å²) in [5.41, 5.74) is 0. The molecule has 2 heterocycles. The van der Waals surface area contributed by atoms with Gasteiger partial charge in [-0.1, -0.05) is 0 Å². The van der Waals surface area contributed by atoms with Crippen molar-refractivity contribution in [2.45, 2.75) is 13.5 Å². The molecule has 0 unspecified atom stereocenters. The van der Waals surface area contributed by atoms with E-state index < -0.39 is 0 Å². The summed E-state index contributed by atoms with van der Waals surface area (Å²) in [4.78, 5) is 15.2. The molecule has 0 aliphatic heterocycles. The minimum atomic E-state index is 0.541. The van der Waals surface area contributed by atoms with E-state index in [0.717, 1.165) is 6.54 Å². The second-order valence-electron chi connectivity index (χ2n) is 3.67. The largest absolute Gasteiger partial charge is 0.357 e. The van der Waals surface area contributed by atoms with E-state index in [1.807, 2.05) is 0 Å². The molecule has 7 heteroatoms. The first-order chi connectivity index (χ1) is 8.71. The number of hydrogen-bond acceptors (Lipinski definition) is 7. The Labute approximate surface area is 110 Å². The zero-order chi connectivity index (χ0) is 13.0. The zero-order valence-corrected chi connectivity index (χ0v) is 11.4. The van der Waals surface area contributed by atoms with Gasteiger partial charge in [0.05, 0.1) is 6.54 Å². The third-order valence-corrected chi connectivity index (χ3v) is 3.30. The van der Waals surface area contributed by atoms with Gasteiger partial charge in [0.1, 0.15) is 0 Å². The van der Waals surface area contributed by atoms with E-state index in [0.29, 0.717) is 17.8 Å². The molecular weight excluding hydrogens is 248 g/mol. The molecule has 0 bridgehead atoms. The van der Waals surface area contributed by atoms with Gasteiger partial charge in [-0.25, -0.2) is 0 Å². The maximum atomic E-state index is 4.24. The van der Waals surface area contributed by atoms with Crippen molar-refractivity contribution in [3.8, 4) is 0 Å². The third-order valence-electron chi connectivity index (χ3n) is 2.30. The normalized spacial score (nSPS) is 10.2. The van der Waals surface area contributed by atoms with Gasteiger partial charge in [0.25, 0.3) is 0 Å². The summed E-state index contributed by atoms with van der Waals surface area (Å²) in [5.74, 6) is 1.64. The highest BCUT2D eigenvalue weighted by Gasteiger charge is 2.04. The smallest absolute Gasteiger partial charge is 0.229 e. The molecule has 6 nitrogen and oxygen atoms in total. The van der Waals surface area contributed by atoms with Gasteiger partial charge >= 0.3 is 0 Å². The predicted molar refractivity (Wildman–Crippen MR) is 75.3 cm³/mol. The van der Waals surface area contributed by atoms with Crippen molar-refractivity contribution in [3.63, 3.8) is 0 Å². The lowest BCUT2D eigenvalue weighted by Gasteiger charge is -2.07. The standard InChI is InChI=1S/C11H16N6S/c1-7-4-5-8(18-7)6-14-11-16-9(12-2)15-10(13-3)17-11/h4-5H,6H2,1-3H3,(H3,12,13,14,15,16,17). The molecule has 0 fully saturated rings. The van der Waals surface area contributed by atoms with E-state index in [1.165, 1.54) is 9.75 Å². The Morgan fingerprint density at radius 2 is 1.61 bits per heavy atom. The lowest BCUT2D eigenvalue weighted by Crippen LogP contribution is -2.09. The molecule has 18 heavy (non-hydrogen) atoms. The second-order valence-corrected chi connectivity index (χ2v) is 5.04. The summed E-state index contributed by atoms with van der Waals surface area (Å²) in [7, 11) is 3.56. The number of hydrogen-bond donors (Lipinski definition) is 3. The van der Waals surface area contributed by atoms with Gasteiger partial charge in [0.15, 0.2) is 0 Å². The van der Waals surface area contributed by atoms with Crippen molar-refractivity contribution in [2.75, 3.05) is 30.0 Å². The summed E-state index contributed by atoms with van der Waals surface area (Å²) in [5, 5.41) is 9.00. The lowest BCUT2D eigenvalue weighted by atomic mass is 10.4. The number of nitrogens with zero attached hydrogens (tertiary/aromatic N) is 3. The summed E-state index contributed by atoms with van der Waals surface area (Å²) in [6.07, 6.45) is 0. The number of nitrogens with one attached hydrogen (secondary N) is 3. The van der Waals surface area contributed by atoms with Crippen molar-refractivity contribution >= 4 is 29.2 Å². The van der Waals surface area contributed by atoms with E-state index >= 15 is 0 Å². The number of rotatable bonds is 5. The van der Waals surface area contributed by atoms with Gasteiger partial charge in [0, 0.05) is 23.8 Å². The summed E-state index contributed by atoms with van der Waals surface area (Å²) < 4.78 is 0. The van der Waals surface area contributed by atoms with Gasteiger partial charge in [-0.15, -0.1) is 11.3 Å². The molecule has 96 valence electrons. The fourth-order valence-corrected chi connectivity index (χ4v) is 2.25. The number of anilines is 3. The first kappa shape index (κ1) is 12.6. The van der Waals surface area contributed by atoms with E-state index in [2.05, 4.69) is 50.0 Å². The molecule has 0 atom stereocenters. The maximum absolute atomic E-state index is 4.24. The Morgan fingerprint density at radius 1 is 1.00 bits per heavy atom. The molecule has 2 aromatic rings. The van der Waals surface area contributed by atoms with Gasteiger partial charge in [-0.05, 0) is 19.1 Å². The number of aromatic nitrogens is 3. The van der Waals surface area contributed by atoms with Gasteiger partial charge < -0.3 is 16.0 Å². The van der Waals surface area contributed by atoms with Gasteiger partial charge in [-0.2, -0.15) is 15.0 Å². The third kappa shape index (κ3) is 3.07. The average Bonchev–Trinajstić information content (AvgIpc) is 2.81. The SMILES string of the molecule is CNc1nc(NC)nc(NCc2ccc(C)s2)n1. The second kappa shape index (κ2) is 5.63. The van der Waals surface area contributed by atoms with E-state index in [4.69, 9.17) is 0 Å². The minimum Gasteiger partial charge on any atom is -0.357 e. The highest BCUT2D eigenvalue weighted by molar-refractivity contribution is 7.11. The van der Waals surface area contributed by atoms with Crippen LogP contribution in [0.5, 0.6) is 0 Å². The van der Waals surface area contributed by atoms with Crippen molar-refractivity contribution in [2.24, 2.45) is 0 Å². The maximum Gasteiger partial charge on any atom is 0.229 e. The Bertz CT molecular complexity index is 502. The molecule has 0 saturated carbocycles. The lowest BCUT2D eigenvalue weighted by molar-refractivity contribution is 1.01. The molecule has 2 rings (SSSR count). The van der Waals surface area contributed by atoms with Crippen LogP contribution in [0, 0.1) is 6.92 Å². The number of thiophene rings is 1. The summed E-state index contributed by atoms with van der Waals surface area (Å²) in [6, 6.07) is 4.21. The van der Waals surface area contributed by atoms with E-state index in [-0.39, 0.29) is 0 Å². The predicted octanol–water partition coefficient (Wildman–Crippen LogP) is 1.94. The zero-order valence-electron chi connectivity index (χ0n) is 10.6. The molecular formula is C11H16N6S. The topological polar surface area (TPSA) is 74.8 Å². The van der Waals surface area contributed by atoms with Crippen molar-refractivity contribution in [1.82, 2.24) is 15.0 Å². The van der Waals surface area contributed by atoms with Crippen LogP contribution in [0.25, 0.3) is 0 Å². The molecule has 0 radical (unpaired) electrons. The fourth-order valence-electron chi connectivity index (χ4n) is 1.42. The number of aryl methyl sites for hydroxylation is 1. The molecule has 0 saturated heterocycles. The van der Waals surface area contributed by atoms with Crippen LogP contribution in [-0.4, -0.2) is 29.0 Å². The van der Waals surface area contributed by atoms with Crippen LogP contribution in [0.15, 0.2) is 12.1 Å². The van der Waals surface area contributed by atoms with Crippen LogP contribution in [0.4, 0.5) is 17.8 Å². The summed E-state index contributed by atoms with van der Waals surface area (Å²) >= 11 is 1.76. The van der Waals surface area contributed by atoms with Crippen LogP contribution < -0.4 is 16.0 Å². The van der Waals surface area contributed by atoms with Gasteiger partial charge in [0.2, 0.25) is 17.8 Å². The van der Waals surface area contributed by atoms with Gasteiger partial charge in [-0.3, -0.25) is 0 Å². The Hall–Kier alpha value is -1.89. The van der Waals surface area contributed by atoms with Crippen molar-refractivity contribution in [1.29, 1.82) is 0 Å². The molecule has 0 aromatic carbocycles. The molecule has 2 aromatic heterocycles. The van der Waals surface area contributed by atoms with Crippen molar-refractivity contribution in [3.05, 3.63) is 21.9 Å². The summed E-state index contributed by atoms with van der Waals surface area (Å²) in [6.45, 7) is 2.81. The van der Waals surface area contributed by atoms with Crippen LogP contribution in [0.3, 0.4) is 0 Å². The molecule has 3 N–H and O–H groups in total. The van der Waals surface area contributed by atoms with Crippen LogP contribution in [0.2, 0.25) is 0 Å². The first-order valence-corrected chi connectivity index (χ1v) is 6.43. The molecule has 0 aliphatic carbocycles. The van der Waals surface area contributed by atoms with Crippen LogP contribution >= 0.6 is 11.3 Å². The monoisotopic (exact) mass is 264 g/mol. The average molecular weight is 264 g/mol. The Balaban J connectivity index is 2.08.